The number of halogens is 4. The van der Waals surface area contributed by atoms with Crippen LogP contribution in [0, 0.1) is 17.6 Å². The Bertz CT molecular complexity index is 1470. The lowest BCUT2D eigenvalue weighted by Gasteiger charge is -2.34. The second kappa shape index (κ2) is 14.1. The third-order valence-corrected chi connectivity index (χ3v) is 8.06. The Morgan fingerprint density at radius 1 is 0.927 bits per heavy atom. The van der Waals surface area contributed by atoms with Crippen LogP contribution in [0.5, 0.6) is 0 Å². The molecule has 1 N–H and O–H groups in total. The maximum Gasteiger partial charge on any atom is 0.244 e. The molecule has 12 heteroatoms. The van der Waals surface area contributed by atoms with E-state index in [2.05, 4.69) is 5.32 Å². The zero-order valence-corrected chi connectivity index (χ0v) is 25.1. The Labute approximate surface area is 249 Å². The molecular formula is C29H31Cl2F2N3O4S. The molecule has 0 aliphatic carbocycles. The average Bonchev–Trinajstić information content (AvgIpc) is 2.90. The largest absolute Gasteiger partial charge is 0.354 e. The summed E-state index contributed by atoms with van der Waals surface area (Å²) in [5.41, 5.74) is 0.859. The van der Waals surface area contributed by atoms with Crippen molar-refractivity contribution in [2.24, 2.45) is 5.92 Å². The van der Waals surface area contributed by atoms with Crippen LogP contribution in [-0.2, 0) is 32.6 Å². The van der Waals surface area contributed by atoms with E-state index < -0.39 is 46.1 Å². The lowest BCUT2D eigenvalue weighted by atomic mass is 10.0. The summed E-state index contributed by atoms with van der Waals surface area (Å²) in [6.07, 6.45) is 0.941. The first-order chi connectivity index (χ1) is 19.3. The van der Waals surface area contributed by atoms with Gasteiger partial charge in [0.1, 0.15) is 12.6 Å². The van der Waals surface area contributed by atoms with E-state index in [0.29, 0.717) is 22.5 Å². The molecule has 0 aromatic heterocycles. The maximum absolute atomic E-state index is 14.1. The first-order valence-corrected chi connectivity index (χ1v) is 15.3. The van der Waals surface area contributed by atoms with E-state index in [0.717, 1.165) is 24.0 Å². The van der Waals surface area contributed by atoms with E-state index in [1.807, 2.05) is 19.9 Å². The number of hydrogen-bond donors (Lipinski definition) is 1. The number of sulfonamides is 1. The molecule has 2 amide bonds. The van der Waals surface area contributed by atoms with E-state index >= 15 is 0 Å². The summed E-state index contributed by atoms with van der Waals surface area (Å²) in [4.78, 5) is 28.8. The van der Waals surface area contributed by atoms with Crippen molar-refractivity contribution in [2.75, 3.05) is 23.7 Å². The van der Waals surface area contributed by atoms with Gasteiger partial charge < -0.3 is 10.2 Å². The lowest BCUT2D eigenvalue weighted by molar-refractivity contribution is -0.140. The van der Waals surface area contributed by atoms with E-state index in [1.165, 1.54) is 4.90 Å². The van der Waals surface area contributed by atoms with Crippen molar-refractivity contribution < 1.29 is 26.8 Å². The van der Waals surface area contributed by atoms with Crippen LogP contribution in [0.1, 0.15) is 25.0 Å². The molecule has 3 aromatic carbocycles. The zero-order valence-electron chi connectivity index (χ0n) is 22.8. The monoisotopic (exact) mass is 625 g/mol. The standard InChI is InChI=1S/C29H31Cl2F2N3O4S/c1-19(2)16-34-29(38)27(14-20-8-5-4-6-9-20)35(17-22-23(30)10-7-11-24(22)31)28(37)18-36(41(3,39)40)21-12-13-25(32)26(33)15-21/h4-13,15,19,27H,14,16-18H2,1-3H3,(H,34,38). The quantitative estimate of drug-likeness (QED) is 0.290. The fourth-order valence-corrected chi connectivity index (χ4v) is 5.44. The fraction of sp³-hybridized carbons (Fsp3) is 0.310. The van der Waals surface area contributed by atoms with Crippen molar-refractivity contribution in [1.29, 1.82) is 0 Å². The zero-order chi connectivity index (χ0) is 30.3. The molecule has 0 aliphatic rings. The van der Waals surface area contributed by atoms with Gasteiger partial charge in [0.05, 0.1) is 11.9 Å². The molecule has 0 saturated heterocycles. The normalized spacial score (nSPS) is 12.2. The highest BCUT2D eigenvalue weighted by molar-refractivity contribution is 7.92. The number of carbonyl (C=O) groups excluding carboxylic acids is 2. The summed E-state index contributed by atoms with van der Waals surface area (Å²) in [6.45, 7) is 3.16. The van der Waals surface area contributed by atoms with Crippen LogP contribution >= 0.6 is 23.2 Å². The Morgan fingerprint density at radius 3 is 2.12 bits per heavy atom. The van der Waals surface area contributed by atoms with E-state index in [9.17, 15) is 26.8 Å². The Morgan fingerprint density at radius 2 is 1.56 bits per heavy atom. The topological polar surface area (TPSA) is 86.8 Å². The second-order valence-corrected chi connectivity index (χ2v) is 12.7. The third kappa shape index (κ3) is 8.89. The highest BCUT2D eigenvalue weighted by atomic mass is 35.5. The molecule has 0 radical (unpaired) electrons. The molecule has 1 unspecified atom stereocenters. The van der Waals surface area contributed by atoms with Crippen LogP contribution in [0.4, 0.5) is 14.5 Å². The number of hydrogen-bond acceptors (Lipinski definition) is 4. The minimum atomic E-state index is -4.15. The Balaban J connectivity index is 2.10. The number of nitrogens with zero attached hydrogens (tertiary/aromatic N) is 2. The average molecular weight is 627 g/mol. The first kappa shape index (κ1) is 32.3. The van der Waals surface area contributed by atoms with Crippen molar-refractivity contribution in [3.8, 4) is 0 Å². The summed E-state index contributed by atoms with van der Waals surface area (Å²) >= 11 is 12.9. The van der Waals surface area contributed by atoms with Gasteiger partial charge in [-0.1, -0.05) is 73.4 Å². The Hall–Kier alpha value is -3.21. The summed E-state index contributed by atoms with van der Waals surface area (Å²) in [7, 11) is -4.15. The molecule has 41 heavy (non-hydrogen) atoms. The molecule has 3 aromatic rings. The molecule has 3 rings (SSSR count). The molecule has 7 nitrogen and oxygen atoms in total. The van der Waals surface area contributed by atoms with Gasteiger partial charge in [-0.05, 0) is 35.7 Å². The predicted molar refractivity (Wildman–Crippen MR) is 157 cm³/mol. The number of rotatable bonds is 12. The van der Waals surface area contributed by atoms with Crippen molar-refractivity contribution in [1.82, 2.24) is 10.2 Å². The van der Waals surface area contributed by atoms with Gasteiger partial charge in [-0.2, -0.15) is 0 Å². The fourth-order valence-electron chi connectivity index (χ4n) is 4.08. The molecule has 0 fully saturated rings. The number of benzene rings is 3. The molecule has 0 spiro atoms. The van der Waals surface area contributed by atoms with Crippen molar-refractivity contribution in [3.05, 3.63) is 99.5 Å². The van der Waals surface area contributed by atoms with Gasteiger partial charge in [0, 0.05) is 41.2 Å². The minimum absolute atomic E-state index is 0.0998. The summed E-state index contributed by atoms with van der Waals surface area (Å²) < 4.78 is 53.8. The van der Waals surface area contributed by atoms with Gasteiger partial charge in [0.15, 0.2) is 11.6 Å². The van der Waals surface area contributed by atoms with Gasteiger partial charge in [0.25, 0.3) is 0 Å². The molecule has 0 bridgehead atoms. The van der Waals surface area contributed by atoms with Crippen LogP contribution in [0.3, 0.4) is 0 Å². The van der Waals surface area contributed by atoms with E-state index in [4.69, 9.17) is 23.2 Å². The highest BCUT2D eigenvalue weighted by Gasteiger charge is 2.34. The molecule has 0 aliphatic heterocycles. The third-order valence-electron chi connectivity index (χ3n) is 6.22. The number of anilines is 1. The molecule has 0 saturated carbocycles. The first-order valence-electron chi connectivity index (χ1n) is 12.7. The number of amides is 2. The van der Waals surface area contributed by atoms with Crippen molar-refractivity contribution >= 4 is 50.7 Å². The molecule has 220 valence electrons. The van der Waals surface area contributed by atoms with Gasteiger partial charge in [-0.15, -0.1) is 0 Å². The summed E-state index contributed by atoms with van der Waals surface area (Å²) in [5, 5.41) is 3.35. The van der Waals surface area contributed by atoms with Gasteiger partial charge in [0.2, 0.25) is 21.8 Å². The van der Waals surface area contributed by atoms with Gasteiger partial charge >= 0.3 is 0 Å². The highest BCUT2D eigenvalue weighted by Crippen LogP contribution is 2.28. The lowest BCUT2D eigenvalue weighted by Crippen LogP contribution is -2.53. The molecule has 0 heterocycles. The van der Waals surface area contributed by atoms with E-state index in [1.54, 1.807) is 42.5 Å². The van der Waals surface area contributed by atoms with Crippen LogP contribution in [0.15, 0.2) is 66.7 Å². The molecule has 1 atom stereocenters. The van der Waals surface area contributed by atoms with Gasteiger partial charge in [-0.25, -0.2) is 17.2 Å². The van der Waals surface area contributed by atoms with Crippen LogP contribution in [-0.4, -0.2) is 50.5 Å². The van der Waals surface area contributed by atoms with Crippen molar-refractivity contribution in [3.63, 3.8) is 0 Å². The van der Waals surface area contributed by atoms with Crippen LogP contribution < -0.4 is 9.62 Å². The number of carbonyl (C=O) groups is 2. The predicted octanol–water partition coefficient (Wildman–Crippen LogP) is 5.45. The maximum atomic E-state index is 14.1. The smallest absolute Gasteiger partial charge is 0.244 e. The van der Waals surface area contributed by atoms with E-state index in [-0.39, 0.29) is 34.6 Å². The van der Waals surface area contributed by atoms with Crippen LogP contribution in [0.25, 0.3) is 0 Å². The second-order valence-electron chi connectivity index (χ2n) is 9.93. The molecular weight excluding hydrogens is 595 g/mol. The summed E-state index contributed by atoms with van der Waals surface area (Å²) in [5.74, 6) is -3.58. The minimum Gasteiger partial charge on any atom is -0.354 e. The summed E-state index contributed by atoms with van der Waals surface area (Å²) in [6, 6.07) is 15.2. The van der Waals surface area contributed by atoms with Gasteiger partial charge in [-0.3, -0.25) is 13.9 Å². The van der Waals surface area contributed by atoms with Crippen molar-refractivity contribution in [2.45, 2.75) is 32.9 Å². The SMILES string of the molecule is CC(C)CNC(=O)C(Cc1ccccc1)N(Cc1c(Cl)cccc1Cl)C(=O)CN(c1ccc(F)c(F)c1)S(C)(=O)=O. The van der Waals surface area contributed by atoms with Crippen LogP contribution in [0.2, 0.25) is 10.0 Å². The Kier molecular flexibility index (Phi) is 11.1. The number of nitrogens with one attached hydrogen (secondary N) is 1.